The van der Waals surface area contributed by atoms with Crippen molar-refractivity contribution in [2.24, 2.45) is 0 Å². The molecule has 0 atom stereocenters. The van der Waals surface area contributed by atoms with E-state index in [4.69, 9.17) is 18.1 Å². The van der Waals surface area contributed by atoms with E-state index in [0.29, 0.717) is 5.56 Å². The van der Waals surface area contributed by atoms with E-state index >= 15 is 0 Å². The quantitative estimate of drug-likeness (QED) is 0.516. The first kappa shape index (κ1) is 22.1. The van der Waals surface area contributed by atoms with E-state index in [1.54, 1.807) is 39.8 Å². The van der Waals surface area contributed by atoms with Gasteiger partial charge >= 0.3 is 15.2 Å². The molecule has 0 amide bonds. The van der Waals surface area contributed by atoms with E-state index in [-0.39, 0.29) is 37.2 Å². The van der Waals surface area contributed by atoms with Crippen LogP contribution in [0, 0.1) is 0 Å². The summed E-state index contributed by atoms with van der Waals surface area (Å²) in [5.74, 6) is 0.0781. The van der Waals surface area contributed by atoms with Gasteiger partial charge in [-0.15, -0.1) is 0 Å². The van der Waals surface area contributed by atoms with E-state index in [2.05, 4.69) is 0 Å². The molecule has 0 spiro atoms. The number of rotatable bonds is 11. The zero-order chi connectivity index (χ0) is 18.9. The fraction of sp³-hybridized carbons (Fsp3) is 0.500. The zero-order valence-corrected chi connectivity index (χ0v) is 16.8. The maximum atomic E-state index is 13.3. The van der Waals surface area contributed by atoms with Crippen LogP contribution in [-0.4, -0.2) is 31.5 Å². The monoisotopic (exact) mass is 392 g/mol. The van der Waals surface area contributed by atoms with Crippen molar-refractivity contribution in [1.82, 2.24) is 0 Å². The van der Waals surface area contributed by atoms with Crippen molar-refractivity contribution in [3.63, 3.8) is 0 Å². The van der Waals surface area contributed by atoms with Crippen LogP contribution in [0.25, 0.3) is 6.08 Å². The minimum absolute atomic E-state index is 0.0781. The highest BCUT2D eigenvalue weighted by Crippen LogP contribution is 2.74. The third-order valence-corrected chi connectivity index (χ3v) is 8.19. The number of phenols is 1. The number of aromatic hydroxyl groups is 1. The van der Waals surface area contributed by atoms with Crippen molar-refractivity contribution in [3.05, 3.63) is 34.9 Å². The second kappa shape index (κ2) is 10.3. The van der Waals surface area contributed by atoms with Crippen LogP contribution in [-0.2, 0) is 27.2 Å². The van der Waals surface area contributed by atoms with Gasteiger partial charge in [-0.3, -0.25) is 9.13 Å². The van der Waals surface area contributed by atoms with E-state index in [9.17, 15) is 14.2 Å². The Balaban J connectivity index is 3.55. The van der Waals surface area contributed by atoms with Crippen LogP contribution < -0.4 is 0 Å². The molecule has 0 heterocycles. The summed E-state index contributed by atoms with van der Waals surface area (Å²) in [6.45, 7) is 7.05. The van der Waals surface area contributed by atoms with Gasteiger partial charge in [-0.25, -0.2) is 0 Å². The lowest BCUT2D eigenvalue weighted by atomic mass is 10.2. The molecule has 142 valence electrons. The normalized spacial score (nSPS) is 12.2. The van der Waals surface area contributed by atoms with Gasteiger partial charge in [0.25, 0.3) is 0 Å². The summed E-state index contributed by atoms with van der Waals surface area (Å²) in [4.78, 5) is 0. The zero-order valence-electron chi connectivity index (χ0n) is 15.0. The SMILES string of the molecule is CCOP(=O)(OCC)C(=Cc1ccc(O)cc1)P(=O)(OCC)OCC. The number of hydrogen-bond acceptors (Lipinski definition) is 7. The molecule has 0 fully saturated rings. The molecule has 1 aromatic rings. The Morgan fingerprint density at radius 2 is 1.20 bits per heavy atom. The van der Waals surface area contributed by atoms with Crippen molar-refractivity contribution >= 4 is 21.3 Å². The minimum atomic E-state index is -3.90. The molecule has 0 aromatic heterocycles. The highest BCUT2D eigenvalue weighted by Gasteiger charge is 2.45. The molecule has 0 unspecified atom stereocenters. The van der Waals surface area contributed by atoms with Gasteiger partial charge < -0.3 is 23.2 Å². The first-order chi connectivity index (χ1) is 11.8. The van der Waals surface area contributed by atoms with Crippen molar-refractivity contribution in [1.29, 1.82) is 0 Å². The van der Waals surface area contributed by atoms with E-state index < -0.39 is 15.2 Å². The van der Waals surface area contributed by atoms with Crippen LogP contribution in [0.1, 0.15) is 33.3 Å². The van der Waals surface area contributed by atoms with Gasteiger partial charge in [-0.2, -0.15) is 0 Å². The second-order valence-corrected chi connectivity index (χ2v) is 9.10. The molecule has 0 saturated carbocycles. The summed E-state index contributed by atoms with van der Waals surface area (Å²) in [6, 6.07) is 6.09. The van der Waals surface area contributed by atoms with Crippen LogP contribution in [0.3, 0.4) is 0 Å². The topological polar surface area (TPSA) is 91.3 Å². The van der Waals surface area contributed by atoms with Crippen molar-refractivity contribution in [2.45, 2.75) is 27.7 Å². The molecule has 9 heteroatoms. The fourth-order valence-electron chi connectivity index (χ4n) is 2.05. The number of phenolic OH excluding ortho intramolecular Hbond substituents is 1. The molecule has 25 heavy (non-hydrogen) atoms. The molecule has 1 aromatic carbocycles. The molecule has 1 rings (SSSR count). The molecule has 0 bridgehead atoms. The summed E-state index contributed by atoms with van der Waals surface area (Å²) in [7, 11) is -7.80. The smallest absolute Gasteiger partial charge is 0.369 e. The Hall–Kier alpha value is -0.940. The van der Waals surface area contributed by atoms with Crippen LogP contribution in [0.5, 0.6) is 5.75 Å². The third-order valence-electron chi connectivity index (χ3n) is 2.95. The summed E-state index contributed by atoms with van der Waals surface area (Å²) in [6.07, 6.45) is 1.41. The lowest BCUT2D eigenvalue weighted by Gasteiger charge is -2.25. The molecule has 0 aliphatic rings. The van der Waals surface area contributed by atoms with Gasteiger partial charge in [0.2, 0.25) is 0 Å². The first-order valence-electron chi connectivity index (χ1n) is 8.15. The molecule has 0 radical (unpaired) electrons. The van der Waals surface area contributed by atoms with Gasteiger partial charge in [0.15, 0.2) is 5.06 Å². The largest absolute Gasteiger partial charge is 0.508 e. The van der Waals surface area contributed by atoms with Crippen LogP contribution >= 0.6 is 15.2 Å². The lowest BCUT2D eigenvalue weighted by molar-refractivity contribution is 0.214. The maximum absolute atomic E-state index is 13.3. The van der Waals surface area contributed by atoms with Crippen molar-refractivity contribution < 1.29 is 32.3 Å². The van der Waals surface area contributed by atoms with Gasteiger partial charge in [0.05, 0.1) is 26.4 Å². The van der Waals surface area contributed by atoms with E-state index in [1.807, 2.05) is 0 Å². The molecule has 1 N–H and O–H groups in total. The predicted octanol–water partition coefficient (Wildman–Crippen LogP) is 5.22. The van der Waals surface area contributed by atoms with E-state index in [1.165, 1.54) is 18.2 Å². The summed E-state index contributed by atoms with van der Waals surface area (Å²) >= 11 is 0. The molecule has 7 nitrogen and oxygen atoms in total. The highest BCUT2D eigenvalue weighted by atomic mass is 31.2. The molecule has 0 aliphatic heterocycles. The van der Waals surface area contributed by atoms with Crippen LogP contribution in [0.2, 0.25) is 0 Å². The summed E-state index contributed by atoms with van der Waals surface area (Å²) in [5.41, 5.74) is 0.548. The average molecular weight is 392 g/mol. The Bertz CT molecular complexity index is 603. The van der Waals surface area contributed by atoms with Crippen molar-refractivity contribution in [2.75, 3.05) is 26.4 Å². The molecular formula is C16H26O7P2. The van der Waals surface area contributed by atoms with E-state index in [0.717, 1.165) is 0 Å². The second-order valence-electron chi connectivity index (χ2n) is 4.76. The summed E-state index contributed by atoms with van der Waals surface area (Å²) < 4.78 is 48.0. The Labute approximate surface area is 149 Å². The summed E-state index contributed by atoms with van der Waals surface area (Å²) in [5, 5.41) is 9.26. The minimum Gasteiger partial charge on any atom is -0.508 e. The third kappa shape index (κ3) is 6.07. The van der Waals surface area contributed by atoms with Crippen molar-refractivity contribution in [3.8, 4) is 5.75 Å². The lowest BCUT2D eigenvalue weighted by Crippen LogP contribution is -2.05. The van der Waals surface area contributed by atoms with Crippen LogP contribution in [0.15, 0.2) is 29.3 Å². The van der Waals surface area contributed by atoms with Gasteiger partial charge in [-0.05, 0) is 51.5 Å². The van der Waals surface area contributed by atoms with Crippen LogP contribution in [0.4, 0.5) is 0 Å². The fourth-order valence-corrected chi connectivity index (χ4v) is 6.59. The number of hydrogen-bond donors (Lipinski definition) is 1. The highest BCUT2D eigenvalue weighted by molar-refractivity contribution is 7.79. The Kier molecular flexibility index (Phi) is 9.08. The van der Waals surface area contributed by atoms with Gasteiger partial charge in [0.1, 0.15) is 5.75 Å². The molecule has 0 saturated heterocycles. The Morgan fingerprint density at radius 1 is 0.840 bits per heavy atom. The first-order valence-corrected chi connectivity index (χ1v) is 11.2. The molecular weight excluding hydrogens is 366 g/mol. The molecule has 0 aliphatic carbocycles. The van der Waals surface area contributed by atoms with Gasteiger partial charge in [-0.1, -0.05) is 12.1 Å². The predicted molar refractivity (Wildman–Crippen MR) is 97.8 cm³/mol. The maximum Gasteiger partial charge on any atom is 0.369 e. The number of benzene rings is 1. The average Bonchev–Trinajstić information content (AvgIpc) is 2.55. The van der Waals surface area contributed by atoms with Gasteiger partial charge in [0, 0.05) is 0 Å². The standard InChI is InChI=1S/C16H26O7P2/c1-5-20-24(18,21-6-2)16(25(19,22-7-3)23-8-4)13-14-9-11-15(17)12-10-14/h9-13,17H,5-8H2,1-4H3. The Morgan fingerprint density at radius 3 is 1.52 bits per heavy atom.